The zero-order valence-corrected chi connectivity index (χ0v) is 16.8. The fourth-order valence-electron chi connectivity index (χ4n) is 3.77. The van der Waals surface area contributed by atoms with Crippen molar-refractivity contribution < 1.29 is 9.53 Å². The molecule has 2 aromatic carbocycles. The SMILES string of the molecule is CCOc1ccc(CN2CCc3cc(C(C)NC(C)=O)ccc3C2)c(C)c1. The Morgan fingerprint density at radius 1 is 1.22 bits per heavy atom. The minimum Gasteiger partial charge on any atom is -0.494 e. The van der Waals surface area contributed by atoms with Gasteiger partial charge >= 0.3 is 0 Å². The summed E-state index contributed by atoms with van der Waals surface area (Å²) in [5, 5.41) is 2.97. The largest absolute Gasteiger partial charge is 0.494 e. The Labute approximate surface area is 162 Å². The topological polar surface area (TPSA) is 41.6 Å². The number of nitrogens with zero attached hydrogens (tertiary/aromatic N) is 1. The van der Waals surface area contributed by atoms with Crippen LogP contribution in [0.25, 0.3) is 0 Å². The predicted molar refractivity (Wildman–Crippen MR) is 109 cm³/mol. The summed E-state index contributed by atoms with van der Waals surface area (Å²) in [7, 11) is 0. The van der Waals surface area contributed by atoms with Crippen molar-refractivity contribution in [3.63, 3.8) is 0 Å². The van der Waals surface area contributed by atoms with Gasteiger partial charge < -0.3 is 10.1 Å². The third-order valence-electron chi connectivity index (χ3n) is 5.26. The first-order valence-corrected chi connectivity index (χ1v) is 9.79. The van der Waals surface area contributed by atoms with Crippen LogP contribution in [0.4, 0.5) is 0 Å². The summed E-state index contributed by atoms with van der Waals surface area (Å²) < 4.78 is 5.59. The molecule has 1 unspecified atom stereocenters. The highest BCUT2D eigenvalue weighted by molar-refractivity contribution is 5.73. The van der Waals surface area contributed by atoms with Gasteiger partial charge in [-0.1, -0.05) is 24.3 Å². The number of carbonyl (C=O) groups is 1. The minimum atomic E-state index is 0.0112. The number of fused-ring (bicyclic) bond motifs is 1. The second-order valence-corrected chi connectivity index (χ2v) is 7.43. The van der Waals surface area contributed by atoms with Gasteiger partial charge in [-0.05, 0) is 67.1 Å². The van der Waals surface area contributed by atoms with Crippen LogP contribution < -0.4 is 10.1 Å². The summed E-state index contributed by atoms with van der Waals surface area (Å²) in [6.45, 7) is 11.4. The van der Waals surface area contributed by atoms with Gasteiger partial charge in [0.2, 0.25) is 5.91 Å². The Bertz CT molecular complexity index is 816. The lowest BCUT2D eigenvalue weighted by Gasteiger charge is -2.30. The van der Waals surface area contributed by atoms with Crippen molar-refractivity contribution in [3.05, 3.63) is 64.2 Å². The average Bonchev–Trinajstić information content (AvgIpc) is 2.63. The molecule has 3 rings (SSSR count). The fraction of sp³-hybridized carbons (Fsp3) is 0.435. The van der Waals surface area contributed by atoms with E-state index in [0.717, 1.165) is 31.8 Å². The van der Waals surface area contributed by atoms with E-state index in [1.54, 1.807) is 6.92 Å². The summed E-state index contributed by atoms with van der Waals surface area (Å²) in [4.78, 5) is 13.8. The summed E-state index contributed by atoms with van der Waals surface area (Å²) in [5.41, 5.74) is 6.62. The van der Waals surface area contributed by atoms with Crippen LogP contribution in [0.2, 0.25) is 0 Å². The van der Waals surface area contributed by atoms with Crippen molar-refractivity contribution in [2.45, 2.75) is 53.2 Å². The summed E-state index contributed by atoms with van der Waals surface area (Å²) >= 11 is 0. The summed E-state index contributed by atoms with van der Waals surface area (Å²) in [5.74, 6) is 0.959. The van der Waals surface area contributed by atoms with Gasteiger partial charge in [0.25, 0.3) is 0 Å². The van der Waals surface area contributed by atoms with Gasteiger partial charge in [0.05, 0.1) is 12.6 Å². The lowest BCUT2D eigenvalue weighted by atomic mass is 9.94. The molecule has 1 heterocycles. The molecular weight excluding hydrogens is 336 g/mol. The normalized spacial score (nSPS) is 15.1. The lowest BCUT2D eigenvalue weighted by molar-refractivity contribution is -0.119. The Morgan fingerprint density at radius 2 is 2.04 bits per heavy atom. The van der Waals surface area contributed by atoms with Crippen molar-refractivity contribution >= 4 is 5.91 Å². The monoisotopic (exact) mass is 366 g/mol. The van der Waals surface area contributed by atoms with Gasteiger partial charge in [-0.25, -0.2) is 0 Å². The molecule has 1 atom stereocenters. The van der Waals surface area contributed by atoms with Crippen molar-refractivity contribution in [2.75, 3.05) is 13.2 Å². The van der Waals surface area contributed by atoms with Gasteiger partial charge in [0.1, 0.15) is 5.75 Å². The number of ether oxygens (including phenoxy) is 1. The Kier molecular flexibility index (Phi) is 6.17. The van der Waals surface area contributed by atoms with Crippen molar-refractivity contribution in [1.29, 1.82) is 0 Å². The number of hydrogen-bond donors (Lipinski definition) is 1. The number of hydrogen-bond acceptors (Lipinski definition) is 3. The van der Waals surface area contributed by atoms with Gasteiger partial charge in [-0.3, -0.25) is 9.69 Å². The number of nitrogens with one attached hydrogen (secondary N) is 1. The number of rotatable bonds is 6. The zero-order valence-electron chi connectivity index (χ0n) is 16.8. The highest BCUT2D eigenvalue weighted by Crippen LogP contribution is 2.26. The van der Waals surface area contributed by atoms with E-state index in [0.29, 0.717) is 6.61 Å². The van der Waals surface area contributed by atoms with Gasteiger partial charge in [-0.15, -0.1) is 0 Å². The van der Waals surface area contributed by atoms with Crippen LogP contribution in [-0.4, -0.2) is 24.0 Å². The average molecular weight is 367 g/mol. The maximum Gasteiger partial charge on any atom is 0.217 e. The van der Waals surface area contributed by atoms with Crippen LogP contribution in [0.1, 0.15) is 54.6 Å². The lowest BCUT2D eigenvalue weighted by Crippen LogP contribution is -2.30. The van der Waals surface area contributed by atoms with Crippen LogP contribution in [0.15, 0.2) is 36.4 Å². The van der Waals surface area contributed by atoms with Crippen LogP contribution >= 0.6 is 0 Å². The molecule has 0 spiro atoms. The second kappa shape index (κ2) is 8.57. The third kappa shape index (κ3) is 4.89. The van der Waals surface area contributed by atoms with Crippen molar-refractivity contribution in [1.82, 2.24) is 10.2 Å². The number of amides is 1. The van der Waals surface area contributed by atoms with E-state index in [9.17, 15) is 4.79 Å². The smallest absolute Gasteiger partial charge is 0.217 e. The van der Waals surface area contributed by atoms with E-state index >= 15 is 0 Å². The molecule has 0 saturated carbocycles. The molecule has 4 nitrogen and oxygen atoms in total. The van der Waals surface area contributed by atoms with E-state index in [1.807, 2.05) is 13.8 Å². The molecule has 1 amide bonds. The Hall–Kier alpha value is -2.33. The van der Waals surface area contributed by atoms with Gasteiger partial charge in [0.15, 0.2) is 0 Å². The molecule has 0 aromatic heterocycles. The van der Waals surface area contributed by atoms with Crippen molar-refractivity contribution in [2.24, 2.45) is 0 Å². The van der Waals surface area contributed by atoms with Gasteiger partial charge in [-0.2, -0.15) is 0 Å². The quantitative estimate of drug-likeness (QED) is 0.835. The molecule has 0 radical (unpaired) electrons. The molecule has 0 saturated heterocycles. The van der Waals surface area contributed by atoms with E-state index in [4.69, 9.17) is 4.74 Å². The maximum absolute atomic E-state index is 11.3. The predicted octanol–water partition coefficient (Wildman–Crippen LogP) is 4.15. The summed E-state index contributed by atoms with van der Waals surface area (Å²) in [6.07, 6.45) is 1.05. The third-order valence-corrected chi connectivity index (χ3v) is 5.26. The summed E-state index contributed by atoms with van der Waals surface area (Å²) in [6, 6.07) is 13.1. The number of carbonyl (C=O) groups excluding carboxylic acids is 1. The standard InChI is InChI=1S/C23H30N2O2/c1-5-27-23-9-8-21(16(2)12-23)14-25-11-10-20-13-19(6-7-22(20)15-25)17(3)24-18(4)26/h6-9,12-13,17H,5,10-11,14-15H2,1-4H3,(H,24,26). The first-order valence-electron chi connectivity index (χ1n) is 9.79. The molecule has 0 bridgehead atoms. The van der Waals surface area contributed by atoms with Crippen LogP contribution in [0.5, 0.6) is 5.75 Å². The van der Waals surface area contributed by atoms with Crippen LogP contribution in [-0.2, 0) is 24.3 Å². The number of aryl methyl sites for hydroxylation is 1. The first-order chi connectivity index (χ1) is 13.0. The molecular formula is C23H30N2O2. The Balaban J connectivity index is 1.67. The molecule has 2 aromatic rings. The molecule has 1 aliphatic rings. The Morgan fingerprint density at radius 3 is 2.74 bits per heavy atom. The molecule has 0 aliphatic carbocycles. The van der Waals surface area contributed by atoms with E-state index in [-0.39, 0.29) is 11.9 Å². The number of benzene rings is 2. The van der Waals surface area contributed by atoms with E-state index in [1.165, 1.54) is 27.8 Å². The van der Waals surface area contributed by atoms with Crippen LogP contribution in [0, 0.1) is 6.92 Å². The van der Waals surface area contributed by atoms with Gasteiger partial charge in [0, 0.05) is 26.6 Å². The zero-order chi connectivity index (χ0) is 19.4. The fourth-order valence-corrected chi connectivity index (χ4v) is 3.77. The molecule has 27 heavy (non-hydrogen) atoms. The highest BCUT2D eigenvalue weighted by Gasteiger charge is 2.18. The van der Waals surface area contributed by atoms with E-state index < -0.39 is 0 Å². The minimum absolute atomic E-state index is 0.0112. The van der Waals surface area contributed by atoms with Crippen molar-refractivity contribution in [3.8, 4) is 5.75 Å². The molecule has 144 valence electrons. The highest BCUT2D eigenvalue weighted by atomic mass is 16.5. The maximum atomic E-state index is 11.3. The molecule has 0 fully saturated rings. The second-order valence-electron chi connectivity index (χ2n) is 7.43. The molecule has 1 N–H and O–H groups in total. The van der Waals surface area contributed by atoms with Crippen LogP contribution in [0.3, 0.4) is 0 Å². The first kappa shape index (κ1) is 19.4. The molecule has 1 aliphatic heterocycles. The van der Waals surface area contributed by atoms with E-state index in [2.05, 4.69) is 53.5 Å². The molecule has 4 heteroatoms.